The molecule has 8 N–H and O–H groups in total. The van der Waals surface area contributed by atoms with E-state index in [2.05, 4.69) is 0 Å². The van der Waals surface area contributed by atoms with E-state index in [1.807, 2.05) is 172 Å². The molecule has 0 radical (unpaired) electrons. The second-order valence-corrected chi connectivity index (χ2v) is 21.6. The fraction of sp³-hybridized carbons (Fsp3) is 0.0769. The maximum absolute atomic E-state index is 16.0. The zero-order valence-electron chi connectivity index (χ0n) is 34.6. The van der Waals surface area contributed by atoms with Crippen molar-refractivity contribution in [1.29, 1.82) is 0 Å². The Morgan fingerprint density at radius 1 is 0.397 bits per heavy atom. The molecular weight excluding hydrogens is 823 g/mol. The first-order valence-corrected chi connectivity index (χ1v) is 23.8. The normalized spacial score (nSPS) is 19.0. The maximum Gasteiger partial charge on any atom is 0.292 e. The molecule has 63 heavy (non-hydrogen) atoms. The first-order chi connectivity index (χ1) is 30.3. The number of fused-ring (bicyclic) bond motifs is 6. The topological polar surface area (TPSA) is 166 Å². The van der Waals surface area contributed by atoms with Crippen LogP contribution in [0.1, 0.15) is 36.1 Å². The minimum absolute atomic E-state index is 0.379. The molecule has 0 amide bonds. The molecule has 8 aromatic carbocycles. The van der Waals surface area contributed by atoms with E-state index in [4.69, 9.17) is 36.7 Å². The first kappa shape index (κ1) is 39.9. The molecule has 2 heterocycles. The fourth-order valence-corrected chi connectivity index (χ4v) is 15.0. The van der Waals surface area contributed by atoms with E-state index in [9.17, 15) is 0 Å². The summed E-state index contributed by atoms with van der Waals surface area (Å²) in [5.74, 6) is 2.18. The zero-order valence-corrected chi connectivity index (χ0v) is 36.4. The van der Waals surface area contributed by atoms with Gasteiger partial charge in [0.2, 0.25) is 0 Å². The Balaban J connectivity index is 1.03. The second-order valence-electron chi connectivity index (χ2n) is 16.3. The molecular formula is C52H44N4O5P2. The van der Waals surface area contributed by atoms with Gasteiger partial charge >= 0.3 is 0 Å². The number of benzene rings is 8. The summed E-state index contributed by atoms with van der Waals surface area (Å²) in [6.07, 6.45) is 0. The van der Waals surface area contributed by atoms with Crippen molar-refractivity contribution in [3.8, 4) is 45.3 Å². The smallest absolute Gasteiger partial charge is 0.292 e. The number of rotatable bonds is 8. The minimum Gasteiger partial charge on any atom is -0.457 e. The molecule has 0 spiro atoms. The lowest BCUT2D eigenvalue weighted by Crippen LogP contribution is -2.34. The van der Waals surface area contributed by atoms with Crippen molar-refractivity contribution in [1.82, 2.24) is 0 Å². The van der Waals surface area contributed by atoms with Gasteiger partial charge in [0, 0.05) is 11.1 Å². The molecule has 2 aliphatic rings. The lowest BCUT2D eigenvalue weighted by Gasteiger charge is -2.41. The van der Waals surface area contributed by atoms with Gasteiger partial charge < -0.3 is 36.7 Å². The number of ether oxygens (including phenoxy) is 1. The van der Waals surface area contributed by atoms with Crippen LogP contribution in [0.25, 0.3) is 22.3 Å². The average molecular weight is 867 g/mol. The minimum atomic E-state index is -3.81. The van der Waals surface area contributed by atoms with Gasteiger partial charge in [-0.25, -0.2) is 0 Å². The number of nitrogen functional groups attached to an aromatic ring is 4. The largest absolute Gasteiger partial charge is 0.457 e. The Morgan fingerprint density at radius 3 is 1.11 bits per heavy atom. The summed E-state index contributed by atoms with van der Waals surface area (Å²) < 4.78 is 51.8. The van der Waals surface area contributed by atoms with Crippen LogP contribution in [-0.2, 0) is 19.4 Å². The molecule has 9 nitrogen and oxygen atoms in total. The van der Waals surface area contributed by atoms with Crippen LogP contribution in [-0.4, -0.2) is 0 Å². The SMILES string of the molecule is CC(c1ccc(Oc2ccc(C(C)(c3ccc(N)c(N)c3)P3(=O)Oc4ccccc4-c4ccccc43)cc2)cc1)(c1ccc(N)c(N)c1)P1(=O)Oc2ccccc2-c2ccccc21. The Labute approximate surface area is 366 Å². The molecule has 0 saturated carbocycles. The van der Waals surface area contributed by atoms with Crippen LogP contribution in [0.4, 0.5) is 22.7 Å². The zero-order chi connectivity index (χ0) is 43.7. The van der Waals surface area contributed by atoms with Crippen LogP contribution >= 0.6 is 14.7 Å². The third-order valence-electron chi connectivity index (χ3n) is 12.8. The summed E-state index contributed by atoms with van der Waals surface area (Å²) in [5.41, 5.74) is 33.1. The molecule has 4 atom stereocenters. The van der Waals surface area contributed by atoms with Gasteiger partial charge in [-0.3, -0.25) is 9.13 Å². The molecule has 312 valence electrons. The van der Waals surface area contributed by atoms with E-state index in [0.717, 1.165) is 33.4 Å². The fourth-order valence-electron chi connectivity index (χ4n) is 9.09. The van der Waals surface area contributed by atoms with Crippen molar-refractivity contribution < 1.29 is 22.9 Å². The lowest BCUT2D eigenvalue weighted by molar-refractivity contribution is 0.462. The molecule has 2 aliphatic heterocycles. The van der Waals surface area contributed by atoms with Gasteiger partial charge in [0.15, 0.2) is 0 Å². The molecule has 8 aromatic rings. The molecule has 11 heteroatoms. The summed E-state index contributed by atoms with van der Waals surface area (Å²) in [4.78, 5) is 0. The van der Waals surface area contributed by atoms with Crippen LogP contribution in [0.5, 0.6) is 23.0 Å². The highest BCUT2D eigenvalue weighted by atomic mass is 31.2. The van der Waals surface area contributed by atoms with Gasteiger partial charge in [-0.15, -0.1) is 0 Å². The molecule has 0 bridgehead atoms. The Morgan fingerprint density at radius 2 is 0.730 bits per heavy atom. The van der Waals surface area contributed by atoms with Crippen LogP contribution in [0.2, 0.25) is 0 Å². The molecule has 0 saturated heterocycles. The van der Waals surface area contributed by atoms with Gasteiger partial charge in [-0.05, 0) is 120 Å². The lowest BCUT2D eigenvalue weighted by atomic mass is 9.91. The number of anilines is 4. The van der Waals surface area contributed by atoms with Gasteiger partial charge in [0.05, 0.1) is 33.4 Å². The van der Waals surface area contributed by atoms with Crippen molar-refractivity contribution in [3.05, 3.63) is 204 Å². The Hall–Kier alpha value is -7.18. The number of hydrogen-bond acceptors (Lipinski definition) is 9. The van der Waals surface area contributed by atoms with Crippen molar-refractivity contribution in [2.45, 2.75) is 24.2 Å². The van der Waals surface area contributed by atoms with E-state index < -0.39 is 25.0 Å². The molecule has 0 aliphatic carbocycles. The third kappa shape index (κ3) is 6.06. The third-order valence-corrected chi connectivity index (χ3v) is 19.1. The summed E-state index contributed by atoms with van der Waals surface area (Å²) >= 11 is 0. The highest BCUT2D eigenvalue weighted by Crippen LogP contribution is 2.70. The molecule has 4 unspecified atom stereocenters. The number of nitrogens with two attached hydrogens (primary N) is 4. The van der Waals surface area contributed by atoms with Gasteiger partial charge in [-0.1, -0.05) is 109 Å². The summed E-state index contributed by atoms with van der Waals surface area (Å²) in [7, 11) is -7.62. The highest BCUT2D eigenvalue weighted by Gasteiger charge is 2.55. The number of para-hydroxylation sites is 2. The van der Waals surface area contributed by atoms with Crippen molar-refractivity contribution in [3.63, 3.8) is 0 Å². The summed E-state index contributed by atoms with van der Waals surface area (Å²) in [6, 6.07) is 56.5. The van der Waals surface area contributed by atoms with Gasteiger partial charge in [0.1, 0.15) is 33.3 Å². The van der Waals surface area contributed by atoms with Gasteiger partial charge in [0.25, 0.3) is 14.7 Å². The molecule has 10 rings (SSSR count). The molecule has 0 fully saturated rings. The summed E-state index contributed by atoms with van der Waals surface area (Å²) in [5, 5.41) is -1.20. The monoisotopic (exact) mass is 866 g/mol. The Bertz CT molecular complexity index is 3000. The molecule has 0 aromatic heterocycles. The second kappa shape index (κ2) is 14.7. The van der Waals surface area contributed by atoms with E-state index in [1.54, 1.807) is 24.3 Å². The number of hydrogen-bond donors (Lipinski definition) is 4. The van der Waals surface area contributed by atoms with E-state index in [-0.39, 0.29) is 0 Å². The van der Waals surface area contributed by atoms with E-state index in [1.165, 1.54) is 0 Å². The van der Waals surface area contributed by atoms with Gasteiger partial charge in [-0.2, -0.15) is 0 Å². The van der Waals surface area contributed by atoms with Crippen molar-refractivity contribution in [2.24, 2.45) is 0 Å². The predicted molar refractivity (Wildman–Crippen MR) is 256 cm³/mol. The van der Waals surface area contributed by atoms with Crippen molar-refractivity contribution >= 4 is 48.1 Å². The van der Waals surface area contributed by atoms with Crippen molar-refractivity contribution in [2.75, 3.05) is 22.9 Å². The highest BCUT2D eigenvalue weighted by molar-refractivity contribution is 7.69. The Kier molecular flexibility index (Phi) is 9.34. The predicted octanol–water partition coefficient (Wildman–Crippen LogP) is 11.7. The summed E-state index contributed by atoms with van der Waals surface area (Å²) in [6.45, 7) is 3.87. The van der Waals surface area contributed by atoms with Crippen LogP contribution in [0.15, 0.2) is 182 Å². The van der Waals surface area contributed by atoms with Crippen LogP contribution in [0, 0.1) is 0 Å². The van der Waals surface area contributed by atoms with Crippen LogP contribution in [0.3, 0.4) is 0 Å². The van der Waals surface area contributed by atoms with E-state index >= 15 is 9.13 Å². The standard InChI is InChI=1S/C52H44N4O5P2/c1-51(35-23-29-43(53)45(55)31-35,62(57)49-17-9-5-13-41(49)39-11-3-7-15-47(39)60-62)33-19-25-37(26-20-33)59-38-27-21-34(22-28-38)52(2,36-24-30-44(54)46(56)32-36)63(58)50-18-10-6-14-42(50)40-12-4-8-16-48(40)61-63/h3-32H,53-56H2,1-2H3. The van der Waals surface area contributed by atoms with Crippen LogP contribution < -0.4 is 47.3 Å². The quantitative estimate of drug-likeness (QED) is 0.0859. The first-order valence-electron chi connectivity index (χ1n) is 20.5. The van der Waals surface area contributed by atoms with E-state index in [0.29, 0.717) is 67.5 Å². The average Bonchev–Trinajstić information content (AvgIpc) is 3.31. The maximum atomic E-state index is 16.0.